The Labute approximate surface area is 186 Å². The predicted molar refractivity (Wildman–Crippen MR) is 123 cm³/mol. The highest BCUT2D eigenvalue weighted by molar-refractivity contribution is 7.71. The minimum atomic E-state index is -0.540. The van der Waals surface area contributed by atoms with E-state index in [2.05, 4.69) is 22.1 Å². The maximum Gasteiger partial charge on any atom is 0.410 e. The van der Waals surface area contributed by atoms with Gasteiger partial charge in [0.15, 0.2) is 4.77 Å². The standard InChI is InChI=1S/C23H28N4O3S/c1-23(2,3)30-22(29)26-13-7-6-10-17(26)16-9-5-4-8-15(16)14-27-18-11-12-24-19(18)20(28)25-21(27)31/h4-5,8-9,11-12,17,24H,6-7,10,13-14H2,1-3H3,(H,25,28,31). The van der Waals surface area contributed by atoms with Crippen molar-refractivity contribution in [2.45, 2.75) is 58.2 Å². The molecule has 1 fully saturated rings. The molecule has 2 aromatic heterocycles. The molecule has 0 spiro atoms. The number of aromatic nitrogens is 3. The number of carbonyl (C=O) groups excluding carboxylic acids is 1. The van der Waals surface area contributed by atoms with E-state index in [1.807, 2.05) is 48.4 Å². The molecule has 0 radical (unpaired) electrons. The molecule has 1 saturated heterocycles. The number of ether oxygens (including phenoxy) is 1. The number of rotatable bonds is 3. The SMILES string of the molecule is CC(C)(C)OC(=O)N1CCCCC1c1ccccc1Cn1c(=S)[nH]c(=O)c2[nH]ccc21. The summed E-state index contributed by atoms with van der Waals surface area (Å²) in [5.74, 6) is 0. The number of nitrogens with one attached hydrogen (secondary N) is 2. The average molecular weight is 441 g/mol. The van der Waals surface area contributed by atoms with E-state index in [1.54, 1.807) is 6.20 Å². The van der Waals surface area contributed by atoms with Gasteiger partial charge in [-0.3, -0.25) is 9.78 Å². The van der Waals surface area contributed by atoms with Gasteiger partial charge in [-0.15, -0.1) is 0 Å². The predicted octanol–water partition coefficient (Wildman–Crippen LogP) is 4.90. The monoisotopic (exact) mass is 440 g/mol. The van der Waals surface area contributed by atoms with E-state index in [-0.39, 0.29) is 17.7 Å². The number of nitrogens with zero attached hydrogens (tertiary/aromatic N) is 2. The van der Waals surface area contributed by atoms with Gasteiger partial charge in [-0.2, -0.15) is 0 Å². The van der Waals surface area contributed by atoms with E-state index in [0.29, 0.717) is 23.4 Å². The summed E-state index contributed by atoms with van der Waals surface area (Å²) in [4.78, 5) is 32.7. The lowest BCUT2D eigenvalue weighted by molar-refractivity contribution is 0.00941. The van der Waals surface area contributed by atoms with Crippen LogP contribution in [-0.2, 0) is 11.3 Å². The fraction of sp³-hybridized carbons (Fsp3) is 0.435. The zero-order chi connectivity index (χ0) is 22.2. The van der Waals surface area contributed by atoms with Crippen molar-refractivity contribution in [3.63, 3.8) is 0 Å². The maximum atomic E-state index is 12.9. The van der Waals surface area contributed by atoms with Gasteiger partial charge < -0.3 is 19.2 Å². The van der Waals surface area contributed by atoms with E-state index in [9.17, 15) is 9.59 Å². The number of benzene rings is 1. The molecule has 3 aromatic rings. The van der Waals surface area contributed by atoms with Crippen molar-refractivity contribution >= 4 is 29.3 Å². The molecule has 1 unspecified atom stereocenters. The fourth-order valence-corrected chi connectivity index (χ4v) is 4.48. The Morgan fingerprint density at radius 3 is 2.77 bits per heavy atom. The third-order valence-corrected chi connectivity index (χ3v) is 5.90. The molecule has 3 heterocycles. The lowest BCUT2D eigenvalue weighted by Crippen LogP contribution is -2.42. The summed E-state index contributed by atoms with van der Waals surface area (Å²) in [5.41, 5.74) is 2.65. The van der Waals surface area contributed by atoms with Crippen LogP contribution in [0.15, 0.2) is 41.3 Å². The molecule has 4 rings (SSSR count). The van der Waals surface area contributed by atoms with Crippen LogP contribution in [0.3, 0.4) is 0 Å². The number of H-pyrrole nitrogens is 2. The summed E-state index contributed by atoms with van der Waals surface area (Å²) < 4.78 is 7.98. The van der Waals surface area contributed by atoms with Crippen LogP contribution in [0.25, 0.3) is 11.0 Å². The second-order valence-electron chi connectivity index (χ2n) is 8.97. The molecular weight excluding hydrogens is 412 g/mol. The van der Waals surface area contributed by atoms with Gasteiger partial charge in [-0.05, 0) is 69.4 Å². The summed E-state index contributed by atoms with van der Waals surface area (Å²) in [5, 5.41) is 0. The largest absolute Gasteiger partial charge is 0.444 e. The summed E-state index contributed by atoms with van der Waals surface area (Å²) in [7, 11) is 0. The average Bonchev–Trinajstić information content (AvgIpc) is 3.20. The Morgan fingerprint density at radius 2 is 2.00 bits per heavy atom. The second kappa shape index (κ2) is 8.34. The van der Waals surface area contributed by atoms with Crippen molar-refractivity contribution < 1.29 is 9.53 Å². The van der Waals surface area contributed by atoms with Crippen molar-refractivity contribution in [1.29, 1.82) is 0 Å². The molecule has 7 nitrogen and oxygen atoms in total. The molecule has 1 atom stereocenters. The number of amides is 1. The third kappa shape index (κ3) is 4.44. The van der Waals surface area contributed by atoms with Crippen molar-refractivity contribution in [2.24, 2.45) is 0 Å². The Balaban J connectivity index is 1.72. The lowest BCUT2D eigenvalue weighted by atomic mass is 9.92. The maximum absolute atomic E-state index is 12.9. The molecule has 1 amide bonds. The summed E-state index contributed by atoms with van der Waals surface area (Å²) >= 11 is 5.47. The van der Waals surface area contributed by atoms with Crippen LogP contribution in [0.1, 0.15) is 57.2 Å². The van der Waals surface area contributed by atoms with Crippen molar-refractivity contribution in [2.75, 3.05) is 6.54 Å². The van der Waals surface area contributed by atoms with Gasteiger partial charge in [0.2, 0.25) is 0 Å². The Hall–Kier alpha value is -2.87. The first-order chi connectivity index (χ1) is 14.7. The van der Waals surface area contributed by atoms with Gasteiger partial charge in [0, 0.05) is 12.7 Å². The number of piperidine rings is 1. The Bertz CT molecular complexity index is 1220. The molecule has 0 saturated carbocycles. The van der Waals surface area contributed by atoms with Gasteiger partial charge in [0.05, 0.1) is 18.1 Å². The first kappa shape index (κ1) is 21.4. The summed E-state index contributed by atoms with van der Waals surface area (Å²) in [6, 6.07) is 9.92. The van der Waals surface area contributed by atoms with Crippen molar-refractivity contribution in [3.05, 3.63) is 62.8 Å². The van der Waals surface area contributed by atoms with Crippen molar-refractivity contribution in [3.8, 4) is 0 Å². The first-order valence-electron chi connectivity index (χ1n) is 10.6. The minimum absolute atomic E-state index is 0.0570. The number of hydrogen-bond donors (Lipinski definition) is 2. The normalized spacial score (nSPS) is 17.1. The van der Waals surface area contributed by atoms with Crippen LogP contribution in [0.2, 0.25) is 0 Å². The zero-order valence-corrected chi connectivity index (χ0v) is 18.9. The molecule has 8 heteroatoms. The molecular formula is C23H28N4O3S. The number of carbonyl (C=O) groups is 1. The van der Waals surface area contributed by atoms with Crippen molar-refractivity contribution in [1.82, 2.24) is 19.4 Å². The fourth-order valence-electron chi connectivity index (χ4n) is 4.23. The van der Waals surface area contributed by atoms with Crippen LogP contribution in [0, 0.1) is 4.77 Å². The van der Waals surface area contributed by atoms with E-state index in [1.165, 1.54) is 0 Å². The Kier molecular flexibility index (Phi) is 5.75. The number of hydrogen-bond acceptors (Lipinski definition) is 4. The van der Waals surface area contributed by atoms with Gasteiger partial charge >= 0.3 is 6.09 Å². The van der Waals surface area contributed by atoms with Crippen LogP contribution in [-0.4, -0.2) is 37.7 Å². The second-order valence-corrected chi connectivity index (χ2v) is 9.35. The van der Waals surface area contributed by atoms with Gasteiger partial charge in [-0.25, -0.2) is 4.79 Å². The van der Waals surface area contributed by atoms with Gasteiger partial charge in [0.25, 0.3) is 5.56 Å². The molecule has 2 N–H and O–H groups in total. The van der Waals surface area contributed by atoms with Gasteiger partial charge in [0.1, 0.15) is 11.1 Å². The van der Waals surface area contributed by atoms with E-state index in [4.69, 9.17) is 17.0 Å². The highest BCUT2D eigenvalue weighted by Crippen LogP contribution is 2.34. The summed E-state index contributed by atoms with van der Waals surface area (Å²) in [6.45, 7) is 6.83. The lowest BCUT2D eigenvalue weighted by Gasteiger charge is -2.38. The number of likely N-dealkylation sites (tertiary alicyclic amines) is 1. The van der Waals surface area contributed by atoms with Crippen LogP contribution >= 0.6 is 12.2 Å². The molecule has 0 aliphatic carbocycles. The van der Waals surface area contributed by atoms with Crippen LogP contribution < -0.4 is 5.56 Å². The molecule has 1 aliphatic heterocycles. The van der Waals surface area contributed by atoms with E-state index >= 15 is 0 Å². The minimum Gasteiger partial charge on any atom is -0.444 e. The van der Waals surface area contributed by atoms with Gasteiger partial charge in [-0.1, -0.05) is 24.3 Å². The van der Waals surface area contributed by atoms with E-state index in [0.717, 1.165) is 35.9 Å². The molecule has 31 heavy (non-hydrogen) atoms. The van der Waals surface area contributed by atoms with Crippen LogP contribution in [0.5, 0.6) is 0 Å². The first-order valence-corrected chi connectivity index (χ1v) is 11.0. The molecule has 164 valence electrons. The third-order valence-electron chi connectivity index (χ3n) is 5.58. The van der Waals surface area contributed by atoms with E-state index < -0.39 is 5.60 Å². The number of aromatic amines is 2. The quantitative estimate of drug-likeness (QED) is 0.568. The topological polar surface area (TPSA) is 83.1 Å². The number of fused-ring (bicyclic) bond motifs is 1. The Morgan fingerprint density at radius 1 is 1.23 bits per heavy atom. The smallest absolute Gasteiger partial charge is 0.410 e. The van der Waals surface area contributed by atoms with Crippen LogP contribution in [0.4, 0.5) is 4.79 Å². The molecule has 1 aliphatic rings. The highest BCUT2D eigenvalue weighted by atomic mass is 32.1. The zero-order valence-electron chi connectivity index (χ0n) is 18.1. The molecule has 1 aromatic carbocycles. The molecule has 0 bridgehead atoms. The highest BCUT2D eigenvalue weighted by Gasteiger charge is 2.32. The summed E-state index contributed by atoms with van der Waals surface area (Å²) in [6.07, 6.45) is 4.36.